The summed E-state index contributed by atoms with van der Waals surface area (Å²) in [4.78, 5) is 235. The number of rotatable bonds is 56. The molecule has 2 aromatic carbocycles. The van der Waals surface area contributed by atoms with Crippen molar-refractivity contribution in [3.63, 3.8) is 0 Å². The van der Waals surface area contributed by atoms with Crippen molar-refractivity contribution in [1.29, 1.82) is 5.41 Å². The first-order chi connectivity index (χ1) is 58.3. The van der Waals surface area contributed by atoms with E-state index in [0.717, 1.165) is 0 Å². The standard InChI is InChI=1S/C79H122N24O20/c1-9-43(6)64(77(121)100-59(38-104)74(118)98-58(34-61(107)108)68(112)88-37-60(106)101-62(41(2)3)75(119)93-52(22-17-29-87-79(83)84)69(113)94-53(78(122)123)21-14-16-28-81)103-73(117)55(30-46-18-11-10-12-19-46)95-71(115)56(32-48-35-85-39-89-48)97-72(116)57(33-49-36-86-40-90-49)96-70(114)54(31-47-23-25-50(105)26-24-47)99-76(120)63(42(4)5)102-66(110)45(8)91-65(109)44(7)92-67(111)51(82)20-13-15-27-80/h10-12,18-19,23-26,35-36,39-45,51-59,62-64,104-105H,9,13-17,20-22,27-34,37-38,80-82H2,1-8H3,(H,85,89)(H,86,90)(H,88,112)(H,91,109)(H,92,111)(H,93,119)(H,94,113)(H,95,115)(H,96,114)(H,97,116)(H,98,118)(H,99,120)(H,100,121)(H,101,106)(H,102,110)(H,103,117)(H,107,108)(H,122,123)(H4,83,84,87)/t43-,44-,45-,51-,52-,53-,54-,55-,56-,57-,58-,59-,62-,63-,64-/m0/s1. The number of unbranched alkanes of at least 4 members (excludes halogenated alkanes) is 2. The Kier molecular flexibility index (Phi) is 44.3. The Morgan fingerprint density at radius 3 is 1.33 bits per heavy atom. The molecule has 4 aromatic rings. The number of carboxylic acid groups (broad SMARTS) is 2. The molecule has 30 N–H and O–H groups in total. The number of carbonyl (C=O) groups is 16. The SMILES string of the molecule is CC[C@H](C)[C@H](NC(=O)[C@H](Cc1ccccc1)NC(=O)[C@H](Cc1cnc[nH]1)NC(=O)[C@H](Cc1cnc[nH]1)NC(=O)[C@H](Cc1ccc(O)cc1)NC(=O)[C@@H](NC(=O)[C@H](C)NC(=O)[C@H](C)NC(=O)[C@@H](N)CCCCN)C(C)C)C(=O)N[C@@H](CO)C(=O)N[C@@H](CC(=O)O)C(=O)NCC(=O)N[C@H](C(=O)N[C@@H](CCCNC(=N)N)C(=O)N[C@@H](CCCCN)C(=O)O)C(C)C. The molecule has 0 aliphatic carbocycles. The molecule has 14 amide bonds. The number of aliphatic hydroxyl groups is 1. The van der Waals surface area contributed by atoms with E-state index < -0.39 is 217 Å². The van der Waals surface area contributed by atoms with Gasteiger partial charge >= 0.3 is 11.9 Å². The van der Waals surface area contributed by atoms with Gasteiger partial charge in [0.1, 0.15) is 84.3 Å². The maximum Gasteiger partial charge on any atom is 0.326 e. The van der Waals surface area contributed by atoms with Crippen molar-refractivity contribution >= 4 is 101 Å². The first kappa shape index (κ1) is 103. The van der Waals surface area contributed by atoms with Crippen LogP contribution < -0.4 is 103 Å². The first-order valence-electron chi connectivity index (χ1n) is 40.6. The van der Waals surface area contributed by atoms with Gasteiger partial charge < -0.3 is 133 Å². The lowest BCUT2D eigenvalue weighted by atomic mass is 9.96. The van der Waals surface area contributed by atoms with E-state index in [1.807, 2.05) is 0 Å². The Balaban J connectivity index is 1.58. The molecule has 0 aliphatic heterocycles. The summed E-state index contributed by atoms with van der Waals surface area (Å²) in [6.07, 6.45) is 5.56. The van der Waals surface area contributed by atoms with Crippen molar-refractivity contribution in [2.24, 2.45) is 40.7 Å². The molecule has 678 valence electrons. The first-order valence-corrected chi connectivity index (χ1v) is 40.6. The highest BCUT2D eigenvalue weighted by Crippen LogP contribution is 2.17. The van der Waals surface area contributed by atoms with E-state index in [9.17, 15) is 87.5 Å². The molecule has 0 radical (unpaired) electrons. The van der Waals surface area contributed by atoms with Crippen LogP contribution in [0.2, 0.25) is 0 Å². The van der Waals surface area contributed by atoms with Gasteiger partial charge in [0.05, 0.1) is 38.3 Å². The smallest absolute Gasteiger partial charge is 0.326 e. The summed E-state index contributed by atoms with van der Waals surface area (Å²) < 4.78 is 0. The van der Waals surface area contributed by atoms with Crippen LogP contribution in [-0.2, 0) is 102 Å². The van der Waals surface area contributed by atoms with E-state index in [1.165, 1.54) is 77.0 Å². The Labute approximate surface area is 711 Å². The van der Waals surface area contributed by atoms with Crippen LogP contribution in [0, 0.1) is 23.2 Å². The number of phenolic OH excluding ortho intramolecular Hbond substituents is 1. The molecule has 2 heterocycles. The molecule has 44 nitrogen and oxygen atoms in total. The van der Waals surface area contributed by atoms with Gasteiger partial charge in [-0.1, -0.05) is 96.8 Å². The minimum absolute atomic E-state index is 0.0186. The van der Waals surface area contributed by atoms with E-state index >= 15 is 9.59 Å². The maximum absolute atomic E-state index is 15.1. The van der Waals surface area contributed by atoms with Crippen molar-refractivity contribution in [2.75, 3.05) is 32.8 Å². The number of aromatic amines is 2. The number of aliphatic carboxylic acids is 2. The summed E-state index contributed by atoms with van der Waals surface area (Å²) in [5.41, 5.74) is 23.9. The number of nitrogens with zero attached hydrogens (tertiary/aromatic N) is 2. The Bertz CT molecular complexity index is 4140. The number of hydrogen-bond acceptors (Lipinski definition) is 24. The third kappa shape index (κ3) is 36.6. The van der Waals surface area contributed by atoms with Crippen molar-refractivity contribution in [3.05, 3.63) is 102 Å². The van der Waals surface area contributed by atoms with E-state index in [4.69, 9.17) is 28.3 Å². The van der Waals surface area contributed by atoms with Crippen LogP contribution >= 0.6 is 0 Å². The van der Waals surface area contributed by atoms with Gasteiger partial charge in [-0.2, -0.15) is 0 Å². The molecule has 0 bridgehead atoms. The number of carboxylic acids is 2. The summed E-state index contributed by atoms with van der Waals surface area (Å²) in [5.74, 6) is -19.1. The molecule has 0 saturated carbocycles. The number of phenols is 1. The molecular weight excluding hydrogens is 1610 g/mol. The number of nitrogens with two attached hydrogens (primary N) is 4. The van der Waals surface area contributed by atoms with Crippen LogP contribution in [0.5, 0.6) is 5.75 Å². The average molecular weight is 1730 g/mol. The van der Waals surface area contributed by atoms with Crippen LogP contribution in [-0.4, -0.2) is 258 Å². The highest BCUT2D eigenvalue weighted by atomic mass is 16.4. The molecule has 15 atom stereocenters. The van der Waals surface area contributed by atoms with E-state index in [-0.39, 0.29) is 81.9 Å². The third-order valence-electron chi connectivity index (χ3n) is 19.7. The predicted octanol–water partition coefficient (Wildman–Crippen LogP) is -5.67. The third-order valence-corrected chi connectivity index (χ3v) is 19.7. The lowest BCUT2D eigenvalue weighted by Gasteiger charge is -2.29. The maximum atomic E-state index is 15.1. The lowest BCUT2D eigenvalue weighted by molar-refractivity contribution is -0.143. The Hall–Kier alpha value is -12.7. The van der Waals surface area contributed by atoms with Gasteiger partial charge in [-0.05, 0) is 113 Å². The summed E-state index contributed by atoms with van der Waals surface area (Å²) in [6.45, 7) is 10.9. The summed E-state index contributed by atoms with van der Waals surface area (Å²) in [7, 11) is 0. The second-order valence-electron chi connectivity index (χ2n) is 30.5. The van der Waals surface area contributed by atoms with Crippen LogP contribution in [0.3, 0.4) is 0 Å². The van der Waals surface area contributed by atoms with Crippen molar-refractivity contribution in [1.82, 2.24) is 99.7 Å². The number of aromatic nitrogens is 4. The summed E-state index contributed by atoms with van der Waals surface area (Å²) in [5, 5.41) is 85.6. The number of aliphatic hydroxyl groups excluding tert-OH is 1. The van der Waals surface area contributed by atoms with E-state index in [2.05, 4.69) is 99.7 Å². The van der Waals surface area contributed by atoms with Gasteiger partial charge in [0, 0.05) is 56.0 Å². The monoisotopic (exact) mass is 1730 g/mol. The molecule has 4 rings (SSSR count). The number of amides is 14. The number of H-pyrrole nitrogens is 2. The zero-order chi connectivity index (χ0) is 91.6. The molecule has 0 aliphatic rings. The largest absolute Gasteiger partial charge is 0.508 e. The fraction of sp³-hybridized carbons (Fsp3) is 0.557. The fourth-order valence-electron chi connectivity index (χ4n) is 12.3. The topological polar surface area (TPSA) is 720 Å². The van der Waals surface area contributed by atoms with E-state index in [1.54, 1.807) is 58.0 Å². The summed E-state index contributed by atoms with van der Waals surface area (Å²) >= 11 is 0. The van der Waals surface area contributed by atoms with Gasteiger partial charge in [0.25, 0.3) is 0 Å². The number of benzene rings is 2. The van der Waals surface area contributed by atoms with E-state index in [0.29, 0.717) is 55.5 Å². The van der Waals surface area contributed by atoms with Gasteiger partial charge in [-0.3, -0.25) is 77.3 Å². The molecule has 0 fully saturated rings. The number of guanidine groups is 1. The number of hydrogen-bond donors (Lipinski definition) is 26. The van der Waals surface area contributed by atoms with Crippen molar-refractivity contribution < 1.29 is 97.1 Å². The summed E-state index contributed by atoms with van der Waals surface area (Å²) in [6, 6.07) is -6.90. The van der Waals surface area contributed by atoms with Crippen LogP contribution in [0.25, 0.3) is 0 Å². The number of imidazole rings is 2. The zero-order valence-electron chi connectivity index (χ0n) is 70.3. The molecule has 2 aromatic heterocycles. The number of nitrogens with one attached hydrogen (secondary N) is 18. The van der Waals surface area contributed by atoms with Gasteiger partial charge in [-0.25, -0.2) is 14.8 Å². The Morgan fingerprint density at radius 1 is 0.439 bits per heavy atom. The number of aromatic hydroxyl groups is 1. The normalized spacial score (nSPS) is 14.8. The highest BCUT2D eigenvalue weighted by Gasteiger charge is 2.39. The lowest BCUT2D eigenvalue weighted by Crippen LogP contribution is -2.62. The molecule has 44 heteroatoms. The van der Waals surface area contributed by atoms with Crippen LogP contribution in [0.1, 0.15) is 142 Å². The van der Waals surface area contributed by atoms with Gasteiger partial charge in [0.15, 0.2) is 5.96 Å². The second-order valence-corrected chi connectivity index (χ2v) is 30.5. The average Bonchev–Trinajstić information content (AvgIpc) is 1.53. The minimum atomic E-state index is -2.00. The molecule has 0 unspecified atom stereocenters. The predicted molar refractivity (Wildman–Crippen MR) is 445 cm³/mol. The molecule has 0 spiro atoms. The van der Waals surface area contributed by atoms with Crippen LogP contribution in [0.4, 0.5) is 0 Å². The highest BCUT2D eigenvalue weighted by molar-refractivity contribution is 6.01. The number of carbonyl (C=O) groups excluding carboxylic acids is 14. The quantitative estimate of drug-likeness (QED) is 0.0111. The van der Waals surface area contributed by atoms with Gasteiger partial charge in [0.2, 0.25) is 82.7 Å². The zero-order valence-corrected chi connectivity index (χ0v) is 70.3. The van der Waals surface area contributed by atoms with Crippen molar-refractivity contribution in [3.8, 4) is 5.75 Å². The Morgan fingerprint density at radius 2 is 0.854 bits per heavy atom. The molecular formula is C79H122N24O20. The molecule has 0 saturated heterocycles. The van der Waals surface area contributed by atoms with Crippen LogP contribution in [0.15, 0.2) is 79.6 Å². The minimum Gasteiger partial charge on any atom is -0.508 e. The van der Waals surface area contributed by atoms with Gasteiger partial charge in [-0.15, -0.1) is 0 Å². The second kappa shape index (κ2) is 53.1. The fourth-order valence-corrected chi connectivity index (χ4v) is 12.3. The van der Waals surface area contributed by atoms with Crippen molar-refractivity contribution in [2.45, 2.75) is 230 Å². The molecule has 123 heavy (non-hydrogen) atoms.